The van der Waals surface area contributed by atoms with Crippen LogP contribution in [0.1, 0.15) is 5.56 Å². The van der Waals surface area contributed by atoms with Crippen molar-refractivity contribution in [2.24, 2.45) is 0 Å². The molecule has 0 fully saturated rings. The van der Waals surface area contributed by atoms with Crippen LogP contribution in [-0.4, -0.2) is 19.9 Å². The van der Waals surface area contributed by atoms with Crippen molar-refractivity contribution in [1.82, 2.24) is 9.71 Å². The van der Waals surface area contributed by atoms with Crippen molar-refractivity contribution in [1.29, 1.82) is 0 Å². The van der Waals surface area contributed by atoms with Crippen LogP contribution in [0.25, 0.3) is 10.9 Å². The van der Waals surface area contributed by atoms with Crippen molar-refractivity contribution in [2.75, 3.05) is 6.54 Å². The number of rotatable bonds is 5. The van der Waals surface area contributed by atoms with Gasteiger partial charge in [-0.25, -0.2) is 13.1 Å². The number of sulfonamides is 1. The molecular weight excluding hydrogens is 356 g/mol. The summed E-state index contributed by atoms with van der Waals surface area (Å²) in [5, 5.41) is 0.912. The number of aromatic nitrogens is 1. The number of para-hydroxylation sites is 1. The molecule has 1 aromatic carbocycles. The maximum Gasteiger partial charge on any atom is 0.251 e. The molecule has 0 aliphatic rings. The summed E-state index contributed by atoms with van der Waals surface area (Å²) in [4.78, 5) is 14.8. The van der Waals surface area contributed by atoms with Gasteiger partial charge in [0.2, 0.25) is 10.0 Å². The van der Waals surface area contributed by atoms with Crippen molar-refractivity contribution in [2.45, 2.75) is 10.6 Å². The minimum absolute atomic E-state index is 0.138. The van der Waals surface area contributed by atoms with Crippen LogP contribution in [0.5, 0.6) is 0 Å². The van der Waals surface area contributed by atoms with E-state index in [1.54, 1.807) is 6.07 Å². The first-order valence-corrected chi connectivity index (χ1v) is 9.49. The molecule has 0 unspecified atom stereocenters. The molecule has 0 bridgehead atoms. The van der Waals surface area contributed by atoms with Gasteiger partial charge in [-0.2, -0.15) is 0 Å². The molecule has 8 heteroatoms. The molecule has 2 N–H and O–H groups in total. The van der Waals surface area contributed by atoms with Gasteiger partial charge < -0.3 is 4.98 Å². The van der Waals surface area contributed by atoms with Crippen LogP contribution >= 0.6 is 22.9 Å². The highest BCUT2D eigenvalue weighted by molar-refractivity contribution is 7.91. The van der Waals surface area contributed by atoms with Crippen LogP contribution in [0, 0.1) is 0 Å². The summed E-state index contributed by atoms with van der Waals surface area (Å²) < 4.78 is 27.2. The van der Waals surface area contributed by atoms with Gasteiger partial charge in [0.05, 0.1) is 4.34 Å². The summed E-state index contributed by atoms with van der Waals surface area (Å²) in [6.07, 6.45) is 0.304. The molecule has 5 nitrogen and oxygen atoms in total. The smallest absolute Gasteiger partial charge is 0.251 e. The molecule has 0 aliphatic heterocycles. The van der Waals surface area contributed by atoms with E-state index in [1.807, 2.05) is 24.3 Å². The van der Waals surface area contributed by atoms with Crippen molar-refractivity contribution in [3.05, 3.63) is 62.7 Å². The number of halogens is 1. The minimum atomic E-state index is -3.59. The lowest BCUT2D eigenvalue weighted by atomic mass is 10.1. The molecule has 2 heterocycles. The van der Waals surface area contributed by atoms with Crippen LogP contribution in [-0.2, 0) is 16.4 Å². The summed E-state index contributed by atoms with van der Waals surface area (Å²) in [5.74, 6) is 0. The fraction of sp³-hybridized carbons (Fsp3) is 0.133. The van der Waals surface area contributed by atoms with Crippen LogP contribution in [0.15, 0.2) is 51.5 Å². The van der Waals surface area contributed by atoms with E-state index in [0.29, 0.717) is 16.3 Å². The quantitative estimate of drug-likeness (QED) is 0.726. The van der Waals surface area contributed by atoms with Gasteiger partial charge in [0.15, 0.2) is 0 Å². The second kappa shape index (κ2) is 6.45. The lowest BCUT2D eigenvalue weighted by molar-refractivity contribution is 0.583. The molecule has 0 saturated heterocycles. The van der Waals surface area contributed by atoms with Gasteiger partial charge in [-0.15, -0.1) is 11.3 Å². The van der Waals surface area contributed by atoms with Gasteiger partial charge in [0.1, 0.15) is 4.21 Å². The molecule has 0 aliphatic carbocycles. The molecule has 0 amide bonds. The lowest BCUT2D eigenvalue weighted by Crippen LogP contribution is -2.27. The zero-order valence-corrected chi connectivity index (χ0v) is 14.3. The third-order valence-corrected chi connectivity index (χ3v) is 6.51. The Morgan fingerprint density at radius 2 is 1.96 bits per heavy atom. The molecule has 0 atom stereocenters. The standard InChI is InChI=1S/C15H13ClN2O3S2/c16-13-5-6-14(22-13)23(20,21)17-8-7-11-9-10-3-1-2-4-12(10)18-15(11)19/h1-6,9,17H,7-8H2,(H,18,19). The number of nitrogens with one attached hydrogen (secondary N) is 2. The summed E-state index contributed by atoms with van der Waals surface area (Å²) >= 11 is 6.75. The van der Waals surface area contributed by atoms with Crippen molar-refractivity contribution in [3.63, 3.8) is 0 Å². The SMILES string of the molecule is O=c1[nH]c2ccccc2cc1CCNS(=O)(=O)c1ccc(Cl)s1. The Morgan fingerprint density at radius 1 is 1.17 bits per heavy atom. The Bertz CT molecular complexity index is 1010. The van der Waals surface area contributed by atoms with E-state index in [-0.39, 0.29) is 16.3 Å². The average Bonchev–Trinajstić information content (AvgIpc) is 2.95. The number of fused-ring (bicyclic) bond motifs is 1. The molecule has 0 radical (unpaired) electrons. The predicted molar refractivity (Wildman–Crippen MR) is 92.8 cm³/mol. The van der Waals surface area contributed by atoms with Gasteiger partial charge in [0, 0.05) is 17.6 Å². The number of benzene rings is 1. The number of pyridine rings is 1. The predicted octanol–water partition coefficient (Wildman–Crippen LogP) is 2.76. The van der Waals surface area contributed by atoms with Crippen molar-refractivity contribution < 1.29 is 8.42 Å². The monoisotopic (exact) mass is 368 g/mol. The van der Waals surface area contributed by atoms with Gasteiger partial charge in [-0.05, 0) is 36.1 Å². The number of H-pyrrole nitrogens is 1. The second-order valence-electron chi connectivity index (χ2n) is 4.92. The van der Waals surface area contributed by atoms with E-state index in [9.17, 15) is 13.2 Å². The average molecular weight is 369 g/mol. The third-order valence-electron chi connectivity index (χ3n) is 3.33. The zero-order valence-electron chi connectivity index (χ0n) is 11.9. The topological polar surface area (TPSA) is 79.0 Å². The number of aromatic amines is 1. The van der Waals surface area contributed by atoms with E-state index in [1.165, 1.54) is 12.1 Å². The largest absolute Gasteiger partial charge is 0.322 e. The van der Waals surface area contributed by atoms with Crippen LogP contribution < -0.4 is 10.3 Å². The van der Waals surface area contributed by atoms with Gasteiger partial charge in [-0.1, -0.05) is 29.8 Å². The maximum absolute atomic E-state index is 12.1. The molecule has 3 rings (SSSR count). The molecule has 3 aromatic rings. The fourth-order valence-electron chi connectivity index (χ4n) is 2.21. The van der Waals surface area contributed by atoms with Crippen LogP contribution in [0.3, 0.4) is 0 Å². The highest BCUT2D eigenvalue weighted by Gasteiger charge is 2.16. The maximum atomic E-state index is 12.1. The van der Waals surface area contributed by atoms with Crippen LogP contribution in [0.2, 0.25) is 4.34 Å². The van der Waals surface area contributed by atoms with E-state index < -0.39 is 10.0 Å². The Labute approximate surface area is 142 Å². The van der Waals surface area contributed by atoms with Crippen molar-refractivity contribution in [3.8, 4) is 0 Å². The van der Waals surface area contributed by atoms with E-state index in [4.69, 9.17) is 11.6 Å². The normalized spacial score (nSPS) is 11.9. The Morgan fingerprint density at radius 3 is 2.70 bits per heavy atom. The number of hydrogen-bond donors (Lipinski definition) is 2. The Hall–Kier alpha value is -1.67. The molecule has 0 spiro atoms. The Balaban J connectivity index is 1.74. The zero-order chi connectivity index (χ0) is 16.4. The van der Waals surface area contributed by atoms with Gasteiger partial charge >= 0.3 is 0 Å². The van der Waals surface area contributed by atoms with Gasteiger partial charge in [0.25, 0.3) is 5.56 Å². The molecule has 120 valence electrons. The first-order chi connectivity index (χ1) is 11.0. The fourth-order valence-corrected chi connectivity index (χ4v) is 4.77. The van der Waals surface area contributed by atoms with E-state index in [0.717, 1.165) is 22.2 Å². The van der Waals surface area contributed by atoms with E-state index in [2.05, 4.69) is 9.71 Å². The lowest BCUT2D eigenvalue weighted by Gasteiger charge is -2.05. The highest BCUT2D eigenvalue weighted by atomic mass is 35.5. The van der Waals surface area contributed by atoms with Crippen LogP contribution in [0.4, 0.5) is 0 Å². The summed E-state index contributed by atoms with van der Waals surface area (Å²) in [7, 11) is -3.59. The molecule has 23 heavy (non-hydrogen) atoms. The molecule has 2 aromatic heterocycles. The number of thiophene rings is 1. The summed E-state index contributed by atoms with van der Waals surface area (Å²) in [6.45, 7) is 0.138. The van der Waals surface area contributed by atoms with E-state index >= 15 is 0 Å². The molecular formula is C15H13ClN2O3S2. The first kappa shape index (κ1) is 16.2. The highest BCUT2D eigenvalue weighted by Crippen LogP contribution is 2.25. The Kier molecular flexibility index (Phi) is 4.54. The first-order valence-electron chi connectivity index (χ1n) is 6.82. The third kappa shape index (κ3) is 3.64. The summed E-state index contributed by atoms with van der Waals surface area (Å²) in [6, 6.07) is 12.2. The minimum Gasteiger partial charge on any atom is -0.322 e. The van der Waals surface area contributed by atoms with Crippen molar-refractivity contribution >= 4 is 43.9 Å². The summed E-state index contributed by atoms with van der Waals surface area (Å²) in [5.41, 5.74) is 1.09. The second-order valence-corrected chi connectivity index (χ2v) is 8.63. The van der Waals surface area contributed by atoms with Gasteiger partial charge in [-0.3, -0.25) is 4.79 Å². The number of hydrogen-bond acceptors (Lipinski definition) is 4. The molecule has 0 saturated carbocycles.